The molecule has 7 aromatic carbocycles. The second-order valence-corrected chi connectivity index (χ2v) is 16.8. The largest absolute Gasteiger partial charge is 0.308 e. The lowest BCUT2D eigenvalue weighted by atomic mass is 10.0. The van der Waals surface area contributed by atoms with Crippen molar-refractivity contribution >= 4 is 86.4 Å². The van der Waals surface area contributed by atoms with Gasteiger partial charge in [0.15, 0.2) is 17.5 Å². The van der Waals surface area contributed by atoms with E-state index in [4.69, 9.17) is 15.0 Å². The number of rotatable bonds is 5. The van der Waals surface area contributed by atoms with Crippen LogP contribution in [0.4, 0.5) is 0 Å². The van der Waals surface area contributed by atoms with Crippen molar-refractivity contribution in [3.8, 4) is 39.6 Å². The first-order chi connectivity index (χ1) is 28.2. The van der Waals surface area contributed by atoms with Crippen LogP contribution < -0.4 is 9.75 Å². The number of fused-ring (bicyclic) bond motifs is 10. The molecule has 4 heterocycles. The molecule has 0 saturated carbocycles. The fourth-order valence-electron chi connectivity index (χ4n) is 8.68. The monoisotopic (exact) mass is 764 g/mol. The van der Waals surface area contributed by atoms with E-state index in [-0.39, 0.29) is 0 Å². The Hall–Kier alpha value is -6.73. The Morgan fingerprint density at radius 2 is 1.11 bits per heavy atom. The summed E-state index contributed by atoms with van der Waals surface area (Å²) in [5, 5.41) is 7.63. The lowest BCUT2D eigenvalue weighted by molar-refractivity contribution is 0.987. The van der Waals surface area contributed by atoms with Gasteiger partial charge >= 0.3 is 0 Å². The SMILES string of the molecule is C1=c2c(sc3c2ccc2c4ccccc4n(-c4ccccc4)c23)=C(c2nc(-c3cccc(-c4ccccc4)c3)nc(-c3ccc4c(c3)sc3ccccc34)n2)CC1. The van der Waals surface area contributed by atoms with E-state index in [0.29, 0.717) is 11.6 Å². The van der Waals surface area contributed by atoms with Crippen LogP contribution in [0.5, 0.6) is 0 Å². The van der Waals surface area contributed by atoms with E-state index in [2.05, 4.69) is 174 Å². The summed E-state index contributed by atoms with van der Waals surface area (Å²) in [6, 6.07) is 58.6. The van der Waals surface area contributed by atoms with Crippen LogP contribution in [0.3, 0.4) is 0 Å². The first-order valence-electron chi connectivity index (χ1n) is 19.3. The maximum absolute atomic E-state index is 5.36. The zero-order valence-corrected chi connectivity index (χ0v) is 32.3. The van der Waals surface area contributed by atoms with Crippen LogP contribution >= 0.6 is 22.7 Å². The number of thiophene rings is 2. The summed E-state index contributed by atoms with van der Waals surface area (Å²) in [6.45, 7) is 0. The van der Waals surface area contributed by atoms with Gasteiger partial charge in [0.1, 0.15) is 0 Å². The number of nitrogens with zero attached hydrogens (tertiary/aromatic N) is 4. The van der Waals surface area contributed by atoms with Gasteiger partial charge in [0.2, 0.25) is 0 Å². The lowest BCUT2D eigenvalue weighted by Gasteiger charge is -2.12. The second kappa shape index (κ2) is 12.9. The molecule has 1 aliphatic carbocycles. The van der Waals surface area contributed by atoms with Crippen molar-refractivity contribution < 1.29 is 0 Å². The zero-order chi connectivity index (χ0) is 37.5. The molecule has 0 N–H and O–H groups in total. The van der Waals surface area contributed by atoms with Crippen molar-refractivity contribution in [2.24, 2.45) is 0 Å². The van der Waals surface area contributed by atoms with Crippen LogP contribution in [-0.2, 0) is 0 Å². The molecule has 0 fully saturated rings. The molecule has 0 spiro atoms. The summed E-state index contributed by atoms with van der Waals surface area (Å²) in [6.07, 6.45) is 4.19. The molecule has 0 aliphatic heterocycles. The van der Waals surface area contributed by atoms with Gasteiger partial charge in [-0.05, 0) is 65.6 Å². The van der Waals surface area contributed by atoms with Crippen molar-refractivity contribution in [1.82, 2.24) is 19.5 Å². The third kappa shape index (κ3) is 5.22. The molecule has 57 heavy (non-hydrogen) atoms. The molecule has 4 aromatic heterocycles. The van der Waals surface area contributed by atoms with E-state index >= 15 is 0 Å². The van der Waals surface area contributed by atoms with Gasteiger partial charge in [-0.3, -0.25) is 0 Å². The predicted molar refractivity (Wildman–Crippen MR) is 241 cm³/mol. The summed E-state index contributed by atoms with van der Waals surface area (Å²) in [5.74, 6) is 2.12. The van der Waals surface area contributed by atoms with Gasteiger partial charge in [0.05, 0.1) is 15.7 Å². The molecule has 0 amide bonds. The topological polar surface area (TPSA) is 43.6 Å². The van der Waals surface area contributed by atoms with E-state index in [1.54, 1.807) is 0 Å². The first-order valence-corrected chi connectivity index (χ1v) is 21.0. The second-order valence-electron chi connectivity index (χ2n) is 14.7. The quantitative estimate of drug-likeness (QED) is 0.175. The molecular weight excluding hydrogens is 733 g/mol. The number of hydrogen-bond acceptors (Lipinski definition) is 5. The van der Waals surface area contributed by atoms with Gasteiger partial charge in [0.25, 0.3) is 0 Å². The maximum atomic E-state index is 5.36. The highest BCUT2D eigenvalue weighted by Gasteiger charge is 2.22. The van der Waals surface area contributed by atoms with Crippen molar-refractivity contribution in [3.63, 3.8) is 0 Å². The highest BCUT2D eigenvalue weighted by Crippen LogP contribution is 2.39. The van der Waals surface area contributed by atoms with Crippen molar-refractivity contribution in [2.45, 2.75) is 12.8 Å². The Labute approximate surface area is 336 Å². The van der Waals surface area contributed by atoms with Crippen molar-refractivity contribution in [1.29, 1.82) is 0 Å². The van der Waals surface area contributed by atoms with Crippen molar-refractivity contribution in [2.75, 3.05) is 0 Å². The van der Waals surface area contributed by atoms with E-state index in [1.165, 1.54) is 67.4 Å². The third-order valence-corrected chi connectivity index (χ3v) is 13.8. The van der Waals surface area contributed by atoms with Crippen LogP contribution in [0.2, 0.25) is 0 Å². The molecule has 268 valence electrons. The fourth-order valence-corrected chi connectivity index (χ4v) is 11.2. The number of benzene rings is 7. The number of para-hydroxylation sites is 2. The van der Waals surface area contributed by atoms with Gasteiger partial charge in [0, 0.05) is 63.3 Å². The normalized spacial score (nSPS) is 12.9. The Morgan fingerprint density at radius 3 is 1.96 bits per heavy atom. The maximum Gasteiger partial charge on any atom is 0.164 e. The molecular formula is C51H32N4S2. The lowest BCUT2D eigenvalue weighted by Crippen LogP contribution is -2.26. The summed E-state index contributed by atoms with van der Waals surface area (Å²) in [5.41, 5.74) is 9.06. The minimum absolute atomic E-state index is 0.681. The molecule has 12 rings (SSSR count). The minimum Gasteiger partial charge on any atom is -0.308 e. The molecule has 4 nitrogen and oxygen atoms in total. The average Bonchev–Trinajstić information content (AvgIpc) is 3.96. The van der Waals surface area contributed by atoms with Crippen LogP contribution in [0.25, 0.3) is 103 Å². The molecule has 0 radical (unpaired) electrons. The summed E-state index contributed by atoms with van der Waals surface area (Å²) < 4.78 is 7.49. The van der Waals surface area contributed by atoms with Crippen LogP contribution in [0.15, 0.2) is 164 Å². The molecule has 0 bridgehead atoms. The Bertz CT molecular complexity index is 3520. The van der Waals surface area contributed by atoms with Crippen LogP contribution in [-0.4, -0.2) is 19.5 Å². The highest BCUT2D eigenvalue weighted by atomic mass is 32.1. The molecule has 0 saturated heterocycles. The highest BCUT2D eigenvalue weighted by molar-refractivity contribution is 7.25. The van der Waals surface area contributed by atoms with Gasteiger partial charge in [-0.2, -0.15) is 0 Å². The molecule has 6 heteroatoms. The Morgan fingerprint density at radius 1 is 0.456 bits per heavy atom. The van der Waals surface area contributed by atoms with Gasteiger partial charge in [-0.1, -0.05) is 133 Å². The zero-order valence-electron chi connectivity index (χ0n) is 30.7. The molecule has 0 unspecified atom stereocenters. The van der Waals surface area contributed by atoms with Crippen LogP contribution in [0, 0.1) is 0 Å². The molecule has 11 aromatic rings. The fraction of sp³-hybridized carbons (Fsp3) is 0.0392. The molecule has 1 aliphatic rings. The van der Waals surface area contributed by atoms with E-state index in [1.807, 2.05) is 22.7 Å². The third-order valence-electron chi connectivity index (χ3n) is 11.3. The summed E-state index contributed by atoms with van der Waals surface area (Å²) in [4.78, 5) is 15.9. The number of aromatic nitrogens is 4. The van der Waals surface area contributed by atoms with E-state index in [0.717, 1.165) is 46.6 Å². The number of hydrogen-bond donors (Lipinski definition) is 0. The summed E-state index contributed by atoms with van der Waals surface area (Å²) in [7, 11) is 0. The molecule has 0 atom stereocenters. The standard InChI is InChI=1S/C51H32N4S2/c1-3-13-31(14-4-1)32-15-11-16-33(29-32)49-52-50(34-25-26-38-37-20-8-10-24-44(37)56-45(38)30-34)54-51(53-49)42-22-12-21-40-41-28-27-39-36-19-7-9-23-43(36)55(35-17-5-2-6-18-35)46(39)48(41)57-47(40)42/h1-11,13-21,23-30H,12,22H2. The van der Waals surface area contributed by atoms with E-state index in [9.17, 15) is 0 Å². The van der Waals surface area contributed by atoms with Gasteiger partial charge < -0.3 is 4.57 Å². The van der Waals surface area contributed by atoms with E-state index < -0.39 is 0 Å². The minimum atomic E-state index is 0.681. The van der Waals surface area contributed by atoms with Gasteiger partial charge in [-0.25, -0.2) is 15.0 Å². The predicted octanol–water partition coefficient (Wildman–Crippen LogP) is 12.3. The Balaban J connectivity index is 1.12. The van der Waals surface area contributed by atoms with Gasteiger partial charge in [-0.15, -0.1) is 22.7 Å². The Kier molecular flexibility index (Phi) is 7.37. The van der Waals surface area contributed by atoms with Crippen LogP contribution in [0.1, 0.15) is 18.7 Å². The summed E-state index contributed by atoms with van der Waals surface area (Å²) >= 11 is 3.69. The smallest absolute Gasteiger partial charge is 0.164 e. The average molecular weight is 765 g/mol. The van der Waals surface area contributed by atoms with Crippen molar-refractivity contribution in [3.05, 3.63) is 179 Å². The first kappa shape index (κ1) is 32.5.